The fourth-order valence-electron chi connectivity index (χ4n) is 2.65. The second-order valence-electron chi connectivity index (χ2n) is 5.70. The van der Waals surface area contributed by atoms with Crippen molar-refractivity contribution in [2.24, 2.45) is 0 Å². The molecule has 1 aromatic heterocycles. The monoisotopic (exact) mass is 399 g/mol. The molecule has 0 saturated heterocycles. The number of ether oxygens (including phenoxy) is 1. The first-order valence-corrected chi connectivity index (χ1v) is 10.3. The van der Waals surface area contributed by atoms with Crippen molar-refractivity contribution in [1.29, 1.82) is 0 Å². The van der Waals surface area contributed by atoms with E-state index in [4.69, 9.17) is 4.74 Å². The molecule has 0 saturated carbocycles. The molecule has 0 aliphatic rings. The number of nitrogens with one attached hydrogen (secondary N) is 1. The summed E-state index contributed by atoms with van der Waals surface area (Å²) in [6.07, 6.45) is 6.12. The molecule has 1 aromatic carbocycles. The second kappa shape index (κ2) is 15.3. The number of fused-ring (bicyclic) bond motifs is 1. The number of aromatic nitrogens is 2. The van der Waals surface area contributed by atoms with Gasteiger partial charge in [-0.25, -0.2) is 4.98 Å². The minimum absolute atomic E-state index is 0.0204. The molecule has 0 fully saturated rings. The third-order valence-electron chi connectivity index (χ3n) is 4.00. The van der Waals surface area contributed by atoms with Crippen LogP contribution in [-0.4, -0.2) is 29.8 Å². The molecule has 1 heterocycles. The molecule has 5 nitrogen and oxygen atoms in total. The Labute approximate surface area is 175 Å². The average Bonchev–Trinajstić information content (AvgIpc) is 2.75. The van der Waals surface area contributed by atoms with E-state index in [0.29, 0.717) is 42.8 Å². The average molecular weight is 400 g/mol. The van der Waals surface area contributed by atoms with Gasteiger partial charge in [0.1, 0.15) is 5.82 Å². The number of hydrogen-bond donors (Lipinski definition) is 1. The summed E-state index contributed by atoms with van der Waals surface area (Å²) in [4.78, 5) is 17.4. The summed E-state index contributed by atoms with van der Waals surface area (Å²) in [7, 11) is 1.66. The van der Waals surface area contributed by atoms with Gasteiger partial charge in [0.25, 0.3) is 5.56 Å². The molecule has 0 aliphatic heterocycles. The Bertz CT molecular complexity index is 851. The quantitative estimate of drug-likeness (QED) is 0.446. The van der Waals surface area contributed by atoms with Crippen molar-refractivity contribution in [2.75, 3.05) is 25.6 Å². The highest BCUT2D eigenvalue weighted by atomic mass is 16.5. The summed E-state index contributed by atoms with van der Waals surface area (Å²) in [5.74, 6) is 0.702. The maximum absolute atomic E-state index is 12.8. The van der Waals surface area contributed by atoms with Crippen LogP contribution < -0.4 is 10.9 Å². The van der Waals surface area contributed by atoms with Crippen LogP contribution in [0.15, 0.2) is 60.0 Å². The van der Waals surface area contributed by atoms with Gasteiger partial charge in [-0.15, -0.1) is 0 Å². The second-order valence-corrected chi connectivity index (χ2v) is 5.70. The van der Waals surface area contributed by atoms with Crippen molar-refractivity contribution < 1.29 is 4.74 Å². The van der Waals surface area contributed by atoms with Crippen LogP contribution >= 0.6 is 0 Å². The van der Waals surface area contributed by atoms with E-state index in [0.717, 1.165) is 11.3 Å². The number of benzene rings is 1. The zero-order chi connectivity index (χ0) is 22.2. The normalized spacial score (nSPS) is 10.3. The van der Waals surface area contributed by atoms with Crippen molar-refractivity contribution >= 4 is 16.6 Å². The summed E-state index contributed by atoms with van der Waals surface area (Å²) < 4.78 is 6.74. The molecule has 2 aromatic rings. The predicted octanol–water partition coefficient (Wildman–Crippen LogP) is 5.50. The Balaban J connectivity index is 0.00000184. The lowest BCUT2D eigenvalue weighted by molar-refractivity contribution is 0.211. The fraction of sp³-hybridized carbons (Fsp3) is 0.417. The summed E-state index contributed by atoms with van der Waals surface area (Å²) in [6.45, 7) is 19.2. The van der Waals surface area contributed by atoms with Crippen LogP contribution in [0.1, 0.15) is 39.9 Å². The van der Waals surface area contributed by atoms with E-state index >= 15 is 0 Å². The molecule has 160 valence electrons. The van der Waals surface area contributed by atoms with Gasteiger partial charge in [0.15, 0.2) is 0 Å². The van der Waals surface area contributed by atoms with Crippen molar-refractivity contribution in [3.8, 4) is 0 Å². The molecule has 0 aliphatic carbocycles. The van der Waals surface area contributed by atoms with Crippen LogP contribution in [0, 0.1) is 6.92 Å². The first-order chi connectivity index (χ1) is 14.1. The molecule has 2 rings (SSSR count). The van der Waals surface area contributed by atoms with Crippen molar-refractivity contribution in [2.45, 2.75) is 47.6 Å². The fourth-order valence-corrected chi connectivity index (χ4v) is 2.65. The number of rotatable bonds is 9. The van der Waals surface area contributed by atoms with Gasteiger partial charge in [-0.1, -0.05) is 59.1 Å². The highest BCUT2D eigenvalue weighted by Crippen LogP contribution is 2.16. The van der Waals surface area contributed by atoms with Crippen LogP contribution in [0.4, 0.5) is 5.69 Å². The highest BCUT2D eigenvalue weighted by Gasteiger charge is 2.09. The van der Waals surface area contributed by atoms with E-state index in [-0.39, 0.29) is 5.56 Å². The Hall–Kier alpha value is -2.66. The summed E-state index contributed by atoms with van der Waals surface area (Å²) >= 11 is 0. The molecule has 29 heavy (non-hydrogen) atoms. The Kier molecular flexibility index (Phi) is 13.9. The molecule has 0 spiro atoms. The van der Waals surface area contributed by atoms with Crippen molar-refractivity contribution in [3.63, 3.8) is 0 Å². The number of anilines is 1. The molecule has 0 amide bonds. The van der Waals surface area contributed by atoms with Crippen molar-refractivity contribution in [3.05, 3.63) is 71.3 Å². The molecule has 5 heteroatoms. The number of allylic oxidation sites excluding steroid dienone is 4. The lowest BCUT2D eigenvalue weighted by Gasteiger charge is -2.12. The topological polar surface area (TPSA) is 56.1 Å². The number of aryl methyl sites for hydroxylation is 1. The number of nitrogens with zero attached hydrogens (tertiary/aromatic N) is 2. The number of methoxy groups -OCH3 is 1. The van der Waals surface area contributed by atoms with Gasteiger partial charge in [-0.3, -0.25) is 9.36 Å². The van der Waals surface area contributed by atoms with Gasteiger partial charge in [0.2, 0.25) is 0 Å². The summed E-state index contributed by atoms with van der Waals surface area (Å²) in [5.41, 5.74) is 2.65. The third-order valence-corrected chi connectivity index (χ3v) is 4.00. The van der Waals surface area contributed by atoms with Crippen molar-refractivity contribution in [1.82, 2.24) is 9.55 Å². The van der Waals surface area contributed by atoms with E-state index in [2.05, 4.69) is 23.5 Å². The Morgan fingerprint density at radius 3 is 2.52 bits per heavy atom. The molecule has 0 radical (unpaired) electrons. The third kappa shape index (κ3) is 8.08. The maximum Gasteiger partial charge on any atom is 0.261 e. The van der Waals surface area contributed by atoms with Gasteiger partial charge in [0.05, 0.1) is 17.5 Å². The molecular weight excluding hydrogens is 362 g/mol. The lowest BCUT2D eigenvalue weighted by atomic mass is 10.1. The van der Waals surface area contributed by atoms with Crippen LogP contribution in [-0.2, 0) is 11.3 Å². The van der Waals surface area contributed by atoms with Gasteiger partial charge in [0, 0.05) is 25.9 Å². The zero-order valence-electron chi connectivity index (χ0n) is 18.9. The predicted molar refractivity (Wildman–Crippen MR) is 127 cm³/mol. The first-order valence-electron chi connectivity index (χ1n) is 10.3. The van der Waals surface area contributed by atoms with E-state index in [1.807, 2.05) is 58.9 Å². The lowest BCUT2D eigenvalue weighted by Crippen LogP contribution is -2.24. The Morgan fingerprint density at radius 2 is 1.93 bits per heavy atom. The maximum atomic E-state index is 12.8. The Morgan fingerprint density at radius 1 is 1.24 bits per heavy atom. The summed E-state index contributed by atoms with van der Waals surface area (Å²) in [6, 6.07) is 5.62. The SMILES string of the molecule is C=C/C=C(\C=C)CCn1c(C)nc2cc(NCCOC)ccc2c1=O.CC.CC. The molecule has 0 bridgehead atoms. The van der Waals surface area contributed by atoms with Crippen LogP contribution in [0.5, 0.6) is 0 Å². The van der Waals surface area contributed by atoms with E-state index in [1.165, 1.54) is 0 Å². The zero-order valence-corrected chi connectivity index (χ0v) is 18.9. The molecule has 0 unspecified atom stereocenters. The molecule has 0 atom stereocenters. The summed E-state index contributed by atoms with van der Waals surface area (Å²) in [5, 5.41) is 3.87. The standard InChI is InChI=1S/C20H25N3O2.2C2H6/c1-5-7-16(6-2)10-12-23-15(3)22-19-14-17(21-11-13-25-4)8-9-18(19)20(23)24;2*1-2/h5-9,14,21H,1-2,10-13H2,3-4H3;2*1-2H3/b16-7+;;. The van der Waals surface area contributed by atoms with Crippen LogP contribution in [0.25, 0.3) is 10.9 Å². The van der Waals surface area contributed by atoms with E-state index < -0.39 is 0 Å². The van der Waals surface area contributed by atoms with Crippen LogP contribution in [0.3, 0.4) is 0 Å². The highest BCUT2D eigenvalue weighted by molar-refractivity contribution is 5.81. The minimum atomic E-state index is -0.0204. The molecular formula is C24H37N3O2. The van der Waals surface area contributed by atoms with Crippen LogP contribution in [0.2, 0.25) is 0 Å². The van der Waals surface area contributed by atoms with Gasteiger partial charge in [-0.2, -0.15) is 0 Å². The van der Waals surface area contributed by atoms with Gasteiger partial charge < -0.3 is 10.1 Å². The van der Waals surface area contributed by atoms with E-state index in [1.54, 1.807) is 23.8 Å². The largest absolute Gasteiger partial charge is 0.383 e. The minimum Gasteiger partial charge on any atom is -0.383 e. The van der Waals surface area contributed by atoms with Gasteiger partial charge >= 0.3 is 0 Å². The molecule has 1 N–H and O–H groups in total. The number of hydrogen-bond acceptors (Lipinski definition) is 4. The first kappa shape index (κ1) is 26.3. The van der Waals surface area contributed by atoms with E-state index in [9.17, 15) is 4.79 Å². The smallest absolute Gasteiger partial charge is 0.261 e. The van der Waals surface area contributed by atoms with Gasteiger partial charge in [-0.05, 0) is 37.1 Å².